The summed E-state index contributed by atoms with van der Waals surface area (Å²) in [6, 6.07) is 11.1. The topological polar surface area (TPSA) is 71.5 Å². The van der Waals surface area contributed by atoms with Crippen LogP contribution in [0.5, 0.6) is 0 Å². The first kappa shape index (κ1) is 17.9. The van der Waals surface area contributed by atoms with Crippen molar-refractivity contribution in [2.24, 2.45) is 5.73 Å². The fourth-order valence-electron chi connectivity index (χ4n) is 3.68. The molecule has 0 atom stereocenters. The van der Waals surface area contributed by atoms with E-state index in [1.807, 2.05) is 10.7 Å². The minimum absolute atomic E-state index is 0.349. The molecule has 3 aromatic rings. The van der Waals surface area contributed by atoms with Gasteiger partial charge in [0.1, 0.15) is 11.8 Å². The molecule has 0 aliphatic carbocycles. The van der Waals surface area contributed by atoms with Crippen molar-refractivity contribution >= 4 is 17.0 Å². The van der Waals surface area contributed by atoms with Crippen LogP contribution in [0.3, 0.4) is 0 Å². The van der Waals surface area contributed by atoms with Gasteiger partial charge in [-0.05, 0) is 61.2 Å². The number of anilines is 2. The maximum absolute atomic E-state index is 6.04. The summed E-state index contributed by atoms with van der Waals surface area (Å²) >= 11 is 0. The van der Waals surface area contributed by atoms with Gasteiger partial charge >= 0.3 is 0 Å². The third-order valence-electron chi connectivity index (χ3n) is 5.40. The highest BCUT2D eigenvalue weighted by atomic mass is 15.3. The van der Waals surface area contributed by atoms with Crippen LogP contribution >= 0.6 is 0 Å². The Hall–Kier alpha value is -2.44. The van der Waals surface area contributed by atoms with Crippen LogP contribution in [0, 0.1) is 0 Å². The van der Waals surface area contributed by atoms with Crippen molar-refractivity contribution in [2.75, 3.05) is 18.4 Å². The van der Waals surface area contributed by atoms with Crippen molar-refractivity contribution in [1.29, 1.82) is 0 Å². The van der Waals surface area contributed by atoms with Gasteiger partial charge in [-0.1, -0.05) is 26.0 Å². The van der Waals surface area contributed by atoms with E-state index in [4.69, 9.17) is 5.73 Å². The quantitative estimate of drug-likeness (QED) is 0.725. The Labute approximate surface area is 160 Å². The number of aromatic nitrogens is 3. The summed E-state index contributed by atoms with van der Waals surface area (Å²) in [7, 11) is 0. The van der Waals surface area contributed by atoms with Gasteiger partial charge in [0.15, 0.2) is 5.82 Å². The first-order valence-electron chi connectivity index (χ1n) is 9.76. The molecule has 0 bridgehead atoms. The van der Waals surface area contributed by atoms with E-state index < -0.39 is 0 Å². The molecular formula is C21H28N6. The Morgan fingerprint density at radius 2 is 1.89 bits per heavy atom. The number of fused-ring (bicyclic) bond motifs is 1. The summed E-state index contributed by atoms with van der Waals surface area (Å²) in [5, 5.41) is 7.85. The number of benzene rings is 1. The van der Waals surface area contributed by atoms with Crippen LogP contribution in [0.25, 0.3) is 5.52 Å². The van der Waals surface area contributed by atoms with Crippen LogP contribution in [0.2, 0.25) is 0 Å². The van der Waals surface area contributed by atoms with Gasteiger partial charge in [-0.3, -0.25) is 4.90 Å². The molecule has 3 heterocycles. The van der Waals surface area contributed by atoms with Crippen molar-refractivity contribution in [3.63, 3.8) is 0 Å². The molecular weight excluding hydrogens is 336 g/mol. The van der Waals surface area contributed by atoms with Crippen LogP contribution in [-0.2, 0) is 6.54 Å². The zero-order valence-corrected chi connectivity index (χ0v) is 16.1. The molecule has 1 aliphatic heterocycles. The second-order valence-electron chi connectivity index (χ2n) is 7.76. The van der Waals surface area contributed by atoms with Gasteiger partial charge in [-0.2, -0.15) is 5.10 Å². The lowest BCUT2D eigenvalue weighted by atomic mass is 10.0. The molecule has 0 amide bonds. The van der Waals surface area contributed by atoms with Crippen LogP contribution < -0.4 is 11.1 Å². The number of nitrogens with zero attached hydrogens (tertiary/aromatic N) is 4. The molecule has 27 heavy (non-hydrogen) atoms. The van der Waals surface area contributed by atoms with E-state index in [9.17, 15) is 0 Å². The summed E-state index contributed by atoms with van der Waals surface area (Å²) in [6.07, 6.45) is 5.74. The molecule has 3 N–H and O–H groups in total. The molecule has 6 nitrogen and oxygen atoms in total. The normalized spacial score (nSPS) is 16.3. The van der Waals surface area contributed by atoms with Crippen molar-refractivity contribution in [2.45, 2.75) is 45.2 Å². The van der Waals surface area contributed by atoms with Gasteiger partial charge in [0.25, 0.3) is 0 Å². The molecule has 2 aromatic heterocycles. The van der Waals surface area contributed by atoms with E-state index in [0.717, 1.165) is 49.5 Å². The molecule has 6 heteroatoms. The molecule has 0 saturated carbocycles. The number of hydrogen-bond acceptors (Lipinski definition) is 5. The minimum Gasteiger partial charge on any atom is -0.338 e. The van der Waals surface area contributed by atoms with Crippen molar-refractivity contribution in [3.8, 4) is 0 Å². The van der Waals surface area contributed by atoms with Crippen LogP contribution in [-0.4, -0.2) is 38.6 Å². The standard InChI is InChI=1S/C21H28N6/c1-15(2)16-3-5-19(6-4-16)25-21-20-17(7-12-27(20)24-14-23-21)13-26-10-8-18(22)9-11-26/h3-7,12,14-15,18H,8-11,13,22H2,1-2H3,(H,23,24,25). The summed E-state index contributed by atoms with van der Waals surface area (Å²) < 4.78 is 1.91. The Kier molecular flexibility index (Phi) is 5.09. The van der Waals surface area contributed by atoms with Gasteiger partial charge in [-0.25, -0.2) is 9.50 Å². The van der Waals surface area contributed by atoms with E-state index in [1.165, 1.54) is 11.1 Å². The van der Waals surface area contributed by atoms with Crippen molar-refractivity contribution in [1.82, 2.24) is 19.5 Å². The maximum Gasteiger partial charge on any atom is 0.158 e. The van der Waals surface area contributed by atoms with Gasteiger partial charge in [0.05, 0.1) is 0 Å². The summed E-state index contributed by atoms with van der Waals surface area (Å²) in [5.41, 5.74) is 10.7. The zero-order chi connectivity index (χ0) is 18.8. The number of nitrogens with one attached hydrogen (secondary N) is 1. The predicted octanol–water partition coefficient (Wildman–Crippen LogP) is 3.52. The molecule has 1 fully saturated rings. The fraction of sp³-hybridized carbons (Fsp3) is 0.429. The highest BCUT2D eigenvalue weighted by molar-refractivity contribution is 5.76. The zero-order valence-electron chi connectivity index (χ0n) is 16.1. The molecule has 1 saturated heterocycles. The van der Waals surface area contributed by atoms with Gasteiger partial charge in [0.2, 0.25) is 0 Å². The number of likely N-dealkylation sites (tertiary alicyclic amines) is 1. The lowest BCUT2D eigenvalue weighted by Crippen LogP contribution is -2.39. The Morgan fingerprint density at radius 1 is 1.15 bits per heavy atom. The van der Waals surface area contributed by atoms with E-state index in [0.29, 0.717) is 12.0 Å². The van der Waals surface area contributed by atoms with Gasteiger partial charge in [0, 0.05) is 24.5 Å². The number of nitrogens with two attached hydrogens (primary N) is 1. The molecule has 0 radical (unpaired) electrons. The number of piperidine rings is 1. The molecule has 1 aliphatic rings. The molecule has 1 aromatic carbocycles. The number of hydrogen-bond donors (Lipinski definition) is 2. The Bertz CT molecular complexity index is 891. The fourth-order valence-corrected chi connectivity index (χ4v) is 3.68. The van der Waals surface area contributed by atoms with Gasteiger partial charge < -0.3 is 11.1 Å². The van der Waals surface area contributed by atoms with E-state index in [-0.39, 0.29) is 0 Å². The highest BCUT2D eigenvalue weighted by Crippen LogP contribution is 2.26. The van der Waals surface area contributed by atoms with Crippen LogP contribution in [0.15, 0.2) is 42.9 Å². The third kappa shape index (κ3) is 3.96. The van der Waals surface area contributed by atoms with Crippen molar-refractivity contribution < 1.29 is 0 Å². The monoisotopic (exact) mass is 364 g/mol. The number of rotatable bonds is 5. The average Bonchev–Trinajstić information content (AvgIpc) is 3.08. The Balaban J connectivity index is 1.58. The predicted molar refractivity (Wildman–Crippen MR) is 109 cm³/mol. The molecule has 0 unspecified atom stereocenters. The molecule has 4 rings (SSSR count). The van der Waals surface area contributed by atoms with Crippen molar-refractivity contribution in [3.05, 3.63) is 54.0 Å². The summed E-state index contributed by atoms with van der Waals surface area (Å²) in [5.74, 6) is 1.37. The minimum atomic E-state index is 0.349. The lowest BCUT2D eigenvalue weighted by molar-refractivity contribution is 0.206. The second kappa shape index (κ2) is 7.66. The first-order chi connectivity index (χ1) is 13.1. The second-order valence-corrected chi connectivity index (χ2v) is 7.76. The Morgan fingerprint density at radius 3 is 2.59 bits per heavy atom. The first-order valence-corrected chi connectivity index (χ1v) is 9.76. The van der Waals surface area contributed by atoms with Gasteiger partial charge in [-0.15, -0.1) is 0 Å². The SMILES string of the molecule is CC(C)c1ccc(Nc2ncnn3ccc(CN4CCC(N)CC4)c23)cc1. The third-order valence-corrected chi connectivity index (χ3v) is 5.40. The molecule has 142 valence electrons. The van der Waals surface area contributed by atoms with Crippen LogP contribution in [0.4, 0.5) is 11.5 Å². The summed E-state index contributed by atoms with van der Waals surface area (Å²) in [4.78, 5) is 6.98. The van der Waals surface area contributed by atoms with Crippen LogP contribution in [0.1, 0.15) is 43.7 Å². The largest absolute Gasteiger partial charge is 0.338 e. The smallest absolute Gasteiger partial charge is 0.158 e. The maximum atomic E-state index is 6.04. The van der Waals surface area contributed by atoms with E-state index in [2.05, 4.69) is 64.5 Å². The van der Waals surface area contributed by atoms with E-state index in [1.54, 1.807) is 6.33 Å². The highest BCUT2D eigenvalue weighted by Gasteiger charge is 2.18. The average molecular weight is 364 g/mol. The summed E-state index contributed by atoms with van der Waals surface area (Å²) in [6.45, 7) is 7.41. The van der Waals surface area contributed by atoms with E-state index >= 15 is 0 Å². The lowest BCUT2D eigenvalue weighted by Gasteiger charge is -2.29. The molecule has 0 spiro atoms.